The van der Waals surface area contributed by atoms with E-state index in [0.717, 1.165) is 5.56 Å². The molecular weight excluding hydrogens is 2420 g/mol. The average Bonchev–Trinajstić information content (AvgIpc) is 0.786. The molecule has 0 radical (unpaired) electrons. The van der Waals surface area contributed by atoms with Gasteiger partial charge in [-0.3, -0.25) is 4.52 Å². The molecule has 31 nitrogen and oxygen atoms in total. The number of halogens is 40. The molecular formula is C46H46F40N21O10P21. The van der Waals surface area contributed by atoms with Crippen molar-refractivity contribution in [3.63, 3.8) is 0 Å². The van der Waals surface area contributed by atoms with Crippen LogP contribution < -0.4 is 36.6 Å². The third kappa shape index (κ3) is 41.5. The normalized spacial score (nSPS) is 28.1. The van der Waals surface area contributed by atoms with Gasteiger partial charge in [0.1, 0.15) is 46.0 Å². The van der Waals surface area contributed by atoms with Gasteiger partial charge in [0.05, 0.1) is 19.8 Å². The molecule has 0 spiro atoms. The molecule has 13 rings (SSSR count). The van der Waals surface area contributed by atoms with Gasteiger partial charge >= 0.3 is 176 Å². The highest BCUT2D eigenvalue weighted by atomic mass is 31.3. The van der Waals surface area contributed by atoms with Crippen LogP contribution >= 0.6 is 164 Å². The number of methoxy groups -OCH3 is 1. The molecule has 92 heteroatoms. The standard InChI is InChI=1S/C12H10F4N3O2P3.C8H9F5N3O2P3.C7H7F5N3O2P3.C7H7F5N3OP3.C6H5F5N3OP3.C3HF11N3OP3.C3H7F5N3OP3/c13-22(14)17-23(15,20-11-7-3-1-4-8-11)19-24(16,18-22)21-12-9-5-2-6-10-12;1-2-17-7-3-5-8(6-4-7)18-21(13)15-19(9,10)14-20(11,12)16-21;1-16-6-2-4-7(5-3-6)17-20(12)14-18(8,9)13-19(10,11)15-20;1-6-2-4-7(5-3-6)16-19(12)14-17(8,9)13-18(10,11)15-19;7-16(8)12-17(9,10)14-18(11,13-16)15-6-4-2-1-3-5-6;4-2(5,6)1(3(7,8)9)18-21(14)16-19(10,11)15-20(12,13)17-21;1-3(2)12-15(8)10-13(4,5)9-14(6,7)11-15/h1-10H;3-6H,2H2,1H3;2-5H,1H3;2-5H,1H3;1-5H;1H;3H,1-2H3. The second kappa shape index (κ2) is 45.2. The first-order chi connectivity index (χ1) is 62.3. The van der Waals surface area contributed by atoms with E-state index in [1.54, 1.807) is 32.0 Å². The molecule has 6 aromatic rings. The van der Waals surface area contributed by atoms with E-state index in [9.17, 15) is 169 Å². The monoisotopic (exact) mass is 2460 g/mol. The van der Waals surface area contributed by atoms with E-state index >= 15 is 0 Å². The highest BCUT2D eigenvalue weighted by Crippen LogP contribution is 2.89. The van der Waals surface area contributed by atoms with Crippen molar-refractivity contribution in [1.29, 1.82) is 0 Å². The zero-order chi connectivity index (χ0) is 105. The molecule has 0 aromatic heterocycles. The van der Waals surface area contributed by atoms with Crippen LogP contribution in [0.2, 0.25) is 0 Å². The Morgan fingerprint density at radius 1 is 0.225 bits per heavy atom. The summed E-state index contributed by atoms with van der Waals surface area (Å²) >= 11 is 0. The maximum absolute atomic E-state index is 14.7. The van der Waals surface area contributed by atoms with Gasteiger partial charge in [0, 0.05) is 0 Å². The summed E-state index contributed by atoms with van der Waals surface area (Å²) in [5.41, 5.74) is 0.807. The third-order valence-corrected chi connectivity index (χ3v) is 52.8. The Bertz CT molecular complexity index is 6700. The molecule has 7 heterocycles. The molecule has 138 heavy (non-hydrogen) atoms. The molecule has 8 atom stereocenters. The highest BCUT2D eigenvalue weighted by molar-refractivity contribution is 7.82. The fraction of sp³-hybridized carbons (Fsp3) is 0.217. The van der Waals surface area contributed by atoms with Crippen molar-refractivity contribution in [3.05, 3.63) is 169 Å². The van der Waals surface area contributed by atoms with Gasteiger partial charge in [0.15, 0.2) is 0 Å². The van der Waals surface area contributed by atoms with Gasteiger partial charge in [-0.1, -0.05) is 72.3 Å². The van der Waals surface area contributed by atoms with Crippen LogP contribution in [0, 0.1) is 6.92 Å². The van der Waals surface area contributed by atoms with Gasteiger partial charge in [-0.05, 0) is 125 Å². The highest BCUT2D eigenvalue weighted by Gasteiger charge is 2.62. The van der Waals surface area contributed by atoms with Crippen molar-refractivity contribution < 1.29 is 215 Å². The number of hydrogen-bond acceptors (Lipinski definition) is 31. The first-order valence-electron chi connectivity index (χ1n) is 33.7. The molecule has 780 valence electrons. The van der Waals surface area contributed by atoms with Gasteiger partial charge in [0.2, 0.25) is 0 Å². The van der Waals surface area contributed by atoms with Gasteiger partial charge in [0.25, 0.3) is 6.10 Å². The van der Waals surface area contributed by atoms with Crippen LogP contribution in [0.25, 0.3) is 0 Å². The summed E-state index contributed by atoms with van der Waals surface area (Å²) in [6.07, 6.45) is -18.4. The van der Waals surface area contributed by atoms with E-state index in [-0.39, 0.29) is 34.5 Å². The van der Waals surface area contributed by atoms with Gasteiger partial charge < -0.3 is 41.1 Å². The van der Waals surface area contributed by atoms with E-state index in [0.29, 0.717) is 18.1 Å². The molecule has 0 saturated heterocycles. The van der Waals surface area contributed by atoms with Crippen molar-refractivity contribution in [3.8, 4) is 46.0 Å². The largest absolute Gasteiger partial charge is 0.497 e. The lowest BCUT2D eigenvalue weighted by atomic mass is 10.2. The molecule has 0 aliphatic carbocycles. The number of alkyl halides is 6. The average molecular weight is 2460 g/mol. The minimum absolute atomic E-state index is 0.0889. The summed E-state index contributed by atoms with van der Waals surface area (Å²) < 4.78 is 611. The molecule has 7 aliphatic heterocycles. The predicted octanol–water partition coefficient (Wildman–Crippen LogP) is 49.0. The van der Waals surface area contributed by atoms with E-state index in [1.807, 2.05) is 22.6 Å². The van der Waals surface area contributed by atoms with Crippen molar-refractivity contribution in [2.24, 2.45) is 94.8 Å². The molecule has 0 N–H and O–H groups in total. The Balaban J connectivity index is 0.000000220. The van der Waals surface area contributed by atoms with E-state index in [1.165, 1.54) is 180 Å². The summed E-state index contributed by atoms with van der Waals surface area (Å²) in [6, 6.07) is 37.1. The van der Waals surface area contributed by atoms with Crippen molar-refractivity contribution in [2.75, 3.05) is 13.7 Å². The van der Waals surface area contributed by atoms with Crippen molar-refractivity contribution in [1.82, 2.24) is 0 Å². The Morgan fingerprint density at radius 3 is 0.630 bits per heavy atom. The van der Waals surface area contributed by atoms with E-state index in [2.05, 4.69) is 85.8 Å². The number of ether oxygens (including phenoxy) is 2. The number of rotatable bonds is 19. The van der Waals surface area contributed by atoms with Crippen LogP contribution in [-0.2, 0) is 9.05 Å². The number of nitrogens with zero attached hydrogens (tertiary/aromatic N) is 21. The number of aryl methyl sites for hydroxylation is 1. The van der Waals surface area contributed by atoms with E-state index < -0.39 is 188 Å². The van der Waals surface area contributed by atoms with Crippen molar-refractivity contribution >= 4 is 164 Å². The first kappa shape index (κ1) is 121. The van der Waals surface area contributed by atoms with Gasteiger partial charge in [-0.2, -0.15) is 34.7 Å². The maximum atomic E-state index is 14.7. The molecule has 0 fully saturated rings. The van der Waals surface area contributed by atoms with Crippen LogP contribution in [-0.4, -0.2) is 38.3 Å². The van der Waals surface area contributed by atoms with E-state index in [4.69, 9.17) is 18.5 Å². The molecule has 0 saturated carbocycles. The first-order valence-corrected chi connectivity index (χ1v) is 64.9. The summed E-state index contributed by atoms with van der Waals surface area (Å²) in [5.74, 6) is -0.229. The lowest BCUT2D eigenvalue weighted by Gasteiger charge is -2.26. The molecule has 0 amide bonds. The summed E-state index contributed by atoms with van der Waals surface area (Å²) in [6.45, 7) is 6.49. The Kier molecular flexibility index (Phi) is 39.5. The predicted molar refractivity (Wildman–Crippen MR) is 452 cm³/mol. The zero-order valence-electron chi connectivity index (χ0n) is 65.9. The zero-order valence-corrected chi connectivity index (χ0v) is 84.7. The quantitative estimate of drug-likeness (QED) is 0.0545. The van der Waals surface area contributed by atoms with Crippen LogP contribution in [0.5, 0.6) is 46.0 Å². The number of hydrogen-bond donors (Lipinski definition) is 0. The molecule has 7 aliphatic rings. The Morgan fingerprint density at radius 2 is 0.406 bits per heavy atom. The summed E-state index contributed by atoms with van der Waals surface area (Å²) in [7, 11) is -116. The molecule has 8 unspecified atom stereocenters. The number of para-hydroxylation sites is 3. The second-order valence-electron chi connectivity index (χ2n) is 24.2. The lowest BCUT2D eigenvalue weighted by molar-refractivity contribution is -0.300. The summed E-state index contributed by atoms with van der Waals surface area (Å²) in [5, 5.41) is 0. The molecule has 0 bridgehead atoms. The van der Waals surface area contributed by atoms with Gasteiger partial charge in [-0.15, -0.1) is 229 Å². The van der Waals surface area contributed by atoms with Gasteiger partial charge in [-0.25, -0.2) is 0 Å². The fourth-order valence-electron chi connectivity index (χ4n) is 8.41. The number of benzene rings is 6. The van der Waals surface area contributed by atoms with Crippen LogP contribution in [0.4, 0.5) is 169 Å². The lowest BCUT2D eigenvalue weighted by Crippen LogP contribution is -2.43. The van der Waals surface area contributed by atoms with Crippen LogP contribution in [0.3, 0.4) is 0 Å². The van der Waals surface area contributed by atoms with Crippen molar-refractivity contribution in [2.45, 2.75) is 52.3 Å². The van der Waals surface area contributed by atoms with Crippen LogP contribution in [0.15, 0.2) is 259 Å². The smallest absolute Gasteiger partial charge is 0.442 e. The fourth-order valence-corrected chi connectivity index (χ4v) is 46.2. The Hall–Kier alpha value is -4.33. The van der Waals surface area contributed by atoms with Crippen LogP contribution in [0.1, 0.15) is 26.3 Å². The maximum Gasteiger partial charge on any atom is 0.442 e. The second-order valence-corrected chi connectivity index (χ2v) is 60.1. The topological polar surface area (TPSA) is 352 Å². The Labute approximate surface area is 751 Å². The molecule has 6 aromatic carbocycles. The summed E-state index contributed by atoms with van der Waals surface area (Å²) in [4.78, 5) is 0. The minimum atomic E-state index is -6.54. The SMILES string of the molecule is CC(C)OP1(F)=NP(F)(F)=NP(F)(F)=N1.CCOc1ccc(OP2(F)=NP(F)(F)=NP(F)(F)=N2)cc1.COc1ccc(OP2(F)=NP(F)(F)=NP(F)(F)=N2)cc1.Cc1ccc(OP2(F)=NP(F)(F)=NP(F)(F)=N2)cc1.FC(F)(F)C(OP1(F)=NP(F)(F)=NP(F)(F)=N1)C(F)(F)F.FP1(F)=NP(F)(F)=NP(F)(Oc2ccccc2)=N1.FP1(F)=NP(F)(Oc2ccccc2)=NP(F)(Oc2ccccc2)=N1. The third-order valence-electron chi connectivity index (χ3n) is 12.5. The minimum Gasteiger partial charge on any atom is -0.497 e.